The first-order valence-corrected chi connectivity index (χ1v) is 6.35. The molecule has 9 heteroatoms. The van der Waals surface area contributed by atoms with Crippen molar-refractivity contribution in [2.45, 2.75) is 19.4 Å². The Labute approximate surface area is 119 Å². The van der Waals surface area contributed by atoms with Crippen molar-refractivity contribution in [3.05, 3.63) is 44.0 Å². The molecule has 1 aliphatic rings. The highest BCUT2D eigenvalue weighted by Crippen LogP contribution is 2.26. The summed E-state index contributed by atoms with van der Waals surface area (Å²) in [5.74, 6) is 0. The SMILES string of the molecule is O=[N+]([O-])c1ccc(CN2CCC(=NO)CC2)c([N+](=O)[O-])c1. The van der Waals surface area contributed by atoms with Crippen LogP contribution < -0.4 is 0 Å². The molecule has 21 heavy (non-hydrogen) atoms. The summed E-state index contributed by atoms with van der Waals surface area (Å²) in [6.45, 7) is 1.61. The molecule has 1 N–H and O–H groups in total. The van der Waals surface area contributed by atoms with Gasteiger partial charge < -0.3 is 5.21 Å². The molecule has 0 radical (unpaired) electrons. The molecule has 1 heterocycles. The van der Waals surface area contributed by atoms with Crippen molar-refractivity contribution in [2.24, 2.45) is 5.16 Å². The number of hydrogen-bond acceptors (Lipinski definition) is 7. The van der Waals surface area contributed by atoms with Crippen molar-refractivity contribution in [1.82, 2.24) is 4.90 Å². The van der Waals surface area contributed by atoms with E-state index in [1.165, 1.54) is 12.1 Å². The van der Waals surface area contributed by atoms with Crippen LogP contribution in [0.4, 0.5) is 11.4 Å². The number of hydrogen-bond donors (Lipinski definition) is 1. The number of rotatable bonds is 4. The molecular formula is C12H14N4O5. The van der Waals surface area contributed by atoms with Crippen LogP contribution in [0, 0.1) is 20.2 Å². The second kappa shape index (κ2) is 6.27. The summed E-state index contributed by atoms with van der Waals surface area (Å²) in [7, 11) is 0. The van der Waals surface area contributed by atoms with Gasteiger partial charge in [-0.2, -0.15) is 0 Å². The minimum absolute atomic E-state index is 0.245. The highest BCUT2D eigenvalue weighted by Gasteiger charge is 2.22. The zero-order chi connectivity index (χ0) is 15.4. The van der Waals surface area contributed by atoms with Gasteiger partial charge in [-0.15, -0.1) is 0 Å². The monoisotopic (exact) mass is 294 g/mol. The fraction of sp³-hybridized carbons (Fsp3) is 0.417. The molecule has 0 amide bonds. The van der Waals surface area contributed by atoms with E-state index in [0.717, 1.165) is 6.07 Å². The highest BCUT2D eigenvalue weighted by atomic mass is 16.6. The lowest BCUT2D eigenvalue weighted by atomic mass is 10.1. The largest absolute Gasteiger partial charge is 0.411 e. The number of nitrogens with zero attached hydrogens (tertiary/aromatic N) is 4. The van der Waals surface area contributed by atoms with Crippen LogP contribution in [-0.2, 0) is 6.54 Å². The number of likely N-dealkylation sites (tertiary alicyclic amines) is 1. The number of nitro benzene ring substituents is 2. The Morgan fingerprint density at radius 1 is 1.19 bits per heavy atom. The molecule has 0 bridgehead atoms. The standard InChI is InChI=1S/C12H14N4O5/c17-13-10-3-5-14(6-4-10)8-9-1-2-11(15(18)19)7-12(9)16(20)21/h1-2,7,17H,3-6,8H2. The van der Waals surface area contributed by atoms with Gasteiger partial charge in [-0.3, -0.25) is 25.1 Å². The molecule has 0 spiro atoms. The minimum Gasteiger partial charge on any atom is -0.411 e. The van der Waals surface area contributed by atoms with E-state index in [1.54, 1.807) is 0 Å². The second-order valence-corrected chi connectivity index (χ2v) is 4.77. The zero-order valence-electron chi connectivity index (χ0n) is 11.1. The predicted molar refractivity (Wildman–Crippen MR) is 73.5 cm³/mol. The topological polar surface area (TPSA) is 122 Å². The molecular weight excluding hydrogens is 280 g/mol. The smallest absolute Gasteiger partial charge is 0.280 e. The van der Waals surface area contributed by atoms with Gasteiger partial charge in [-0.05, 0) is 6.07 Å². The van der Waals surface area contributed by atoms with Crippen molar-refractivity contribution in [2.75, 3.05) is 13.1 Å². The van der Waals surface area contributed by atoms with Crippen LogP contribution in [0.2, 0.25) is 0 Å². The van der Waals surface area contributed by atoms with Gasteiger partial charge in [0.25, 0.3) is 11.4 Å². The summed E-state index contributed by atoms with van der Waals surface area (Å²) in [5.41, 5.74) is 0.615. The van der Waals surface area contributed by atoms with Crippen LogP contribution in [0.5, 0.6) is 0 Å². The Kier molecular flexibility index (Phi) is 4.43. The molecule has 1 aromatic carbocycles. The van der Waals surface area contributed by atoms with Gasteiger partial charge in [0.1, 0.15) is 0 Å². The molecule has 0 saturated carbocycles. The van der Waals surface area contributed by atoms with E-state index in [0.29, 0.717) is 43.8 Å². The van der Waals surface area contributed by atoms with E-state index in [4.69, 9.17) is 5.21 Å². The van der Waals surface area contributed by atoms with Gasteiger partial charge in [-0.25, -0.2) is 0 Å². The van der Waals surface area contributed by atoms with Crippen LogP contribution in [0.1, 0.15) is 18.4 Å². The average molecular weight is 294 g/mol. The minimum atomic E-state index is -0.651. The van der Waals surface area contributed by atoms with E-state index in [1.807, 2.05) is 4.90 Å². The Balaban J connectivity index is 2.16. The van der Waals surface area contributed by atoms with E-state index in [9.17, 15) is 20.2 Å². The van der Waals surface area contributed by atoms with Gasteiger partial charge in [-0.1, -0.05) is 5.16 Å². The molecule has 1 saturated heterocycles. The average Bonchev–Trinajstić information content (AvgIpc) is 2.48. The summed E-state index contributed by atoms with van der Waals surface area (Å²) >= 11 is 0. The van der Waals surface area contributed by atoms with E-state index in [2.05, 4.69) is 5.16 Å². The molecule has 1 aliphatic heterocycles. The lowest BCUT2D eigenvalue weighted by molar-refractivity contribution is -0.394. The maximum Gasteiger partial charge on any atom is 0.280 e. The lowest BCUT2D eigenvalue weighted by Crippen LogP contribution is -2.33. The number of nitro groups is 2. The maximum atomic E-state index is 11.0. The fourth-order valence-electron chi connectivity index (χ4n) is 2.28. The van der Waals surface area contributed by atoms with E-state index in [-0.39, 0.29) is 11.4 Å². The summed E-state index contributed by atoms with van der Waals surface area (Å²) in [5, 5.41) is 33.6. The normalized spacial score (nSPS) is 15.7. The van der Waals surface area contributed by atoms with Crippen LogP contribution in [0.3, 0.4) is 0 Å². The van der Waals surface area contributed by atoms with Crippen LogP contribution in [0.25, 0.3) is 0 Å². The molecule has 0 aliphatic carbocycles. The van der Waals surface area contributed by atoms with Crippen molar-refractivity contribution >= 4 is 17.1 Å². The Hall–Kier alpha value is -2.55. The number of non-ortho nitro benzene ring substituents is 1. The third kappa shape index (κ3) is 3.51. The maximum absolute atomic E-state index is 11.0. The number of piperidine rings is 1. The van der Waals surface area contributed by atoms with Crippen molar-refractivity contribution in [3.8, 4) is 0 Å². The summed E-state index contributed by atoms with van der Waals surface area (Å²) in [4.78, 5) is 22.5. The molecule has 0 aromatic heterocycles. The van der Waals surface area contributed by atoms with Gasteiger partial charge >= 0.3 is 0 Å². The highest BCUT2D eigenvalue weighted by molar-refractivity contribution is 5.84. The van der Waals surface area contributed by atoms with E-state index < -0.39 is 9.85 Å². The molecule has 112 valence electrons. The first-order chi connectivity index (χ1) is 10.0. The Morgan fingerprint density at radius 3 is 2.38 bits per heavy atom. The Bertz CT molecular complexity index is 591. The Morgan fingerprint density at radius 2 is 1.86 bits per heavy atom. The molecule has 1 fully saturated rings. The third-order valence-electron chi connectivity index (χ3n) is 3.44. The number of benzene rings is 1. The first kappa shape index (κ1) is 14.9. The molecule has 0 unspecified atom stereocenters. The van der Waals surface area contributed by atoms with Gasteiger partial charge in [0.05, 0.1) is 21.6 Å². The van der Waals surface area contributed by atoms with Crippen molar-refractivity contribution < 1.29 is 15.1 Å². The summed E-state index contributed by atoms with van der Waals surface area (Å²) < 4.78 is 0. The molecule has 0 atom stereocenters. The lowest BCUT2D eigenvalue weighted by Gasteiger charge is -2.26. The summed E-state index contributed by atoms with van der Waals surface area (Å²) in [6.07, 6.45) is 1.22. The molecule has 1 aromatic rings. The third-order valence-corrected chi connectivity index (χ3v) is 3.44. The van der Waals surface area contributed by atoms with Gasteiger partial charge in [0.2, 0.25) is 0 Å². The fourth-order valence-corrected chi connectivity index (χ4v) is 2.28. The van der Waals surface area contributed by atoms with Crippen molar-refractivity contribution in [3.63, 3.8) is 0 Å². The molecule has 2 rings (SSSR count). The predicted octanol–water partition coefficient (Wildman–Crippen LogP) is 1.93. The molecule has 9 nitrogen and oxygen atoms in total. The quantitative estimate of drug-likeness (QED) is 0.514. The van der Waals surface area contributed by atoms with Gasteiger partial charge in [0.15, 0.2) is 0 Å². The first-order valence-electron chi connectivity index (χ1n) is 6.35. The second-order valence-electron chi connectivity index (χ2n) is 4.77. The number of oxime groups is 1. The zero-order valence-corrected chi connectivity index (χ0v) is 11.1. The van der Waals surface area contributed by atoms with Crippen molar-refractivity contribution in [1.29, 1.82) is 0 Å². The van der Waals surface area contributed by atoms with Crippen LogP contribution in [0.15, 0.2) is 23.4 Å². The van der Waals surface area contributed by atoms with Gasteiger partial charge in [0, 0.05) is 44.1 Å². The summed E-state index contributed by atoms with van der Waals surface area (Å²) in [6, 6.07) is 3.68. The van der Waals surface area contributed by atoms with Crippen LogP contribution in [-0.4, -0.2) is 38.8 Å². The van der Waals surface area contributed by atoms with E-state index >= 15 is 0 Å². The van der Waals surface area contributed by atoms with Crippen LogP contribution >= 0.6 is 0 Å².